The van der Waals surface area contributed by atoms with Gasteiger partial charge in [-0.3, -0.25) is 4.79 Å². The zero-order valence-corrected chi connectivity index (χ0v) is 25.4. The third kappa shape index (κ3) is 6.81. The van der Waals surface area contributed by atoms with Crippen LogP contribution in [0.1, 0.15) is 38.8 Å². The molecule has 1 fully saturated rings. The first-order valence-corrected chi connectivity index (χ1v) is 13.7. The van der Waals surface area contributed by atoms with Crippen LogP contribution in [0.3, 0.4) is 0 Å². The number of methoxy groups -OCH3 is 2. The molecule has 192 valence electrons. The first kappa shape index (κ1) is 28.5. The Morgan fingerprint density at radius 2 is 1.39 bits per heavy atom. The average molecular weight is 658 g/mol. The maximum atomic E-state index is 13.1. The monoisotopic (exact) mass is 656 g/mol. The molecule has 1 heterocycles. The number of benzene rings is 2. The number of halogens is 2. The Morgan fingerprint density at radius 3 is 1.89 bits per heavy atom. The zero-order chi connectivity index (χ0) is 26.6. The Labute approximate surface area is 237 Å². The third-order valence-electron chi connectivity index (χ3n) is 4.66. The highest BCUT2D eigenvalue weighted by molar-refractivity contribution is 9.10. The van der Waals surface area contributed by atoms with E-state index in [1.54, 1.807) is 32.6 Å². The molecule has 0 aliphatic carbocycles. The van der Waals surface area contributed by atoms with E-state index in [1.165, 1.54) is 16.8 Å². The molecule has 2 aromatic rings. The Morgan fingerprint density at radius 1 is 0.889 bits per heavy atom. The minimum absolute atomic E-state index is 0.00825. The number of hydrogen-bond acceptors (Lipinski definition) is 8. The Bertz CT molecular complexity index is 1230. The summed E-state index contributed by atoms with van der Waals surface area (Å²) < 4.78 is 24.3. The van der Waals surface area contributed by atoms with Crippen molar-refractivity contribution >= 4 is 78.4 Å². The largest absolute Gasteiger partial charge is 0.493 e. The number of ether oxygens (including phenoxy) is 4. The first-order chi connectivity index (χ1) is 17.0. The molecule has 11 heteroatoms. The molecular formula is C25H26Br2N2O5S2. The first-order valence-electron chi connectivity index (χ1n) is 10.9. The van der Waals surface area contributed by atoms with E-state index in [2.05, 4.69) is 37.0 Å². The van der Waals surface area contributed by atoms with Crippen LogP contribution in [0.2, 0.25) is 0 Å². The fourth-order valence-electron chi connectivity index (χ4n) is 3.14. The molecule has 1 amide bonds. The molecule has 7 nitrogen and oxygen atoms in total. The molecule has 0 saturated carbocycles. The van der Waals surface area contributed by atoms with Crippen LogP contribution in [0.5, 0.6) is 23.0 Å². The van der Waals surface area contributed by atoms with Gasteiger partial charge in [-0.15, -0.1) is 0 Å². The Hall–Kier alpha value is -2.08. The quantitative estimate of drug-likeness (QED) is 0.163. The van der Waals surface area contributed by atoms with Crippen molar-refractivity contribution in [2.75, 3.05) is 14.2 Å². The predicted molar refractivity (Wildman–Crippen MR) is 156 cm³/mol. The normalized spacial score (nSPS) is 15.1. The second-order valence-electron chi connectivity index (χ2n) is 8.12. The van der Waals surface area contributed by atoms with E-state index < -0.39 is 0 Å². The van der Waals surface area contributed by atoms with E-state index in [4.69, 9.17) is 31.2 Å². The molecule has 0 radical (unpaired) electrons. The van der Waals surface area contributed by atoms with Gasteiger partial charge in [-0.25, -0.2) is 0 Å². The van der Waals surface area contributed by atoms with Crippen LogP contribution in [0.15, 0.2) is 43.2 Å². The summed E-state index contributed by atoms with van der Waals surface area (Å²) in [5, 5.41) is 5.55. The highest BCUT2D eigenvalue weighted by Crippen LogP contribution is 2.39. The molecule has 36 heavy (non-hydrogen) atoms. The maximum absolute atomic E-state index is 13.1. The van der Waals surface area contributed by atoms with Crippen molar-refractivity contribution in [2.24, 2.45) is 5.10 Å². The summed E-state index contributed by atoms with van der Waals surface area (Å²) in [5.74, 6) is 2.02. The van der Waals surface area contributed by atoms with Crippen LogP contribution in [-0.4, -0.2) is 47.9 Å². The van der Waals surface area contributed by atoms with E-state index in [9.17, 15) is 4.79 Å². The smallest absolute Gasteiger partial charge is 0.286 e. The molecule has 0 spiro atoms. The van der Waals surface area contributed by atoms with Crippen LogP contribution in [-0.2, 0) is 4.79 Å². The molecule has 3 rings (SSSR count). The molecule has 1 aliphatic rings. The van der Waals surface area contributed by atoms with E-state index in [0.717, 1.165) is 14.5 Å². The van der Waals surface area contributed by atoms with E-state index >= 15 is 0 Å². The summed E-state index contributed by atoms with van der Waals surface area (Å²) in [6.45, 7) is 7.76. The highest BCUT2D eigenvalue weighted by Gasteiger charge is 2.32. The fraction of sp³-hybridized carbons (Fsp3) is 0.320. The Balaban J connectivity index is 1.87. The molecule has 0 atom stereocenters. The topological polar surface area (TPSA) is 69.6 Å². The number of carbonyl (C=O) groups is 1. The minimum atomic E-state index is -0.322. The van der Waals surface area contributed by atoms with Crippen molar-refractivity contribution in [1.82, 2.24) is 5.01 Å². The van der Waals surface area contributed by atoms with Crippen molar-refractivity contribution in [3.8, 4) is 23.0 Å². The van der Waals surface area contributed by atoms with Crippen LogP contribution >= 0.6 is 55.8 Å². The van der Waals surface area contributed by atoms with Gasteiger partial charge in [0, 0.05) is 14.5 Å². The molecule has 1 saturated heterocycles. The molecule has 1 aliphatic heterocycles. The number of carbonyl (C=O) groups excluding carboxylic acids is 1. The van der Waals surface area contributed by atoms with Crippen LogP contribution < -0.4 is 18.9 Å². The van der Waals surface area contributed by atoms with E-state index in [-0.39, 0.29) is 18.1 Å². The number of hydrazone groups is 1. The zero-order valence-electron chi connectivity index (χ0n) is 20.6. The summed E-state index contributed by atoms with van der Waals surface area (Å²) in [7, 11) is 3.14. The van der Waals surface area contributed by atoms with Gasteiger partial charge in [-0.05, 0) is 91.7 Å². The second-order valence-corrected chi connectivity index (χ2v) is 11.5. The lowest BCUT2D eigenvalue weighted by Crippen LogP contribution is -2.22. The van der Waals surface area contributed by atoms with Crippen molar-refractivity contribution < 1.29 is 23.7 Å². The lowest BCUT2D eigenvalue weighted by Gasteiger charge is -2.15. The summed E-state index contributed by atoms with van der Waals surface area (Å²) in [6, 6.07) is 7.22. The summed E-state index contributed by atoms with van der Waals surface area (Å²) in [4.78, 5) is 13.6. The van der Waals surface area contributed by atoms with Crippen LogP contribution in [0.4, 0.5) is 0 Å². The van der Waals surface area contributed by atoms with Gasteiger partial charge in [-0.2, -0.15) is 10.1 Å². The van der Waals surface area contributed by atoms with Gasteiger partial charge in [0.2, 0.25) is 0 Å². The van der Waals surface area contributed by atoms with Gasteiger partial charge in [0.25, 0.3) is 5.91 Å². The van der Waals surface area contributed by atoms with Crippen molar-refractivity contribution in [3.63, 3.8) is 0 Å². The van der Waals surface area contributed by atoms with Gasteiger partial charge in [0.05, 0.1) is 37.5 Å². The van der Waals surface area contributed by atoms with Gasteiger partial charge >= 0.3 is 0 Å². The molecular weight excluding hydrogens is 632 g/mol. The van der Waals surface area contributed by atoms with Crippen molar-refractivity contribution in [3.05, 3.63) is 49.2 Å². The fourth-order valence-corrected chi connectivity index (χ4v) is 5.17. The number of nitrogens with zero attached hydrogens (tertiary/aromatic N) is 2. The second kappa shape index (κ2) is 12.4. The molecule has 0 bridgehead atoms. The molecule has 2 aromatic carbocycles. The summed E-state index contributed by atoms with van der Waals surface area (Å²) >= 11 is 13.7. The standard InChI is InChI=1S/C25H26Br2N2O5S2/c1-13(2)33-21-10-17(26)15(7-19(21)31-5)9-23-24(30)29(25(35)36-23)28-12-16-8-20(32-6)22(11-18(16)27)34-14(3)4/h7-14H,1-6H3/b23-9+,28-12-. The number of thiocarbonyl (C=S) groups is 1. The third-order valence-corrected chi connectivity index (χ3v) is 7.32. The number of amides is 1. The lowest BCUT2D eigenvalue weighted by atomic mass is 10.2. The lowest BCUT2D eigenvalue weighted by molar-refractivity contribution is -0.122. The van der Waals surface area contributed by atoms with Crippen LogP contribution in [0, 0.1) is 0 Å². The van der Waals surface area contributed by atoms with Gasteiger partial charge in [0.15, 0.2) is 27.3 Å². The summed E-state index contributed by atoms with van der Waals surface area (Å²) in [6.07, 6.45) is 3.28. The van der Waals surface area contributed by atoms with Gasteiger partial charge in [0.1, 0.15) is 0 Å². The molecule has 0 unspecified atom stereocenters. The van der Waals surface area contributed by atoms with Crippen molar-refractivity contribution in [2.45, 2.75) is 39.9 Å². The Kier molecular flexibility index (Phi) is 9.85. The van der Waals surface area contributed by atoms with E-state index in [0.29, 0.717) is 37.8 Å². The number of thioether (sulfide) groups is 1. The van der Waals surface area contributed by atoms with E-state index in [1.807, 2.05) is 45.9 Å². The summed E-state index contributed by atoms with van der Waals surface area (Å²) in [5.41, 5.74) is 1.45. The highest BCUT2D eigenvalue weighted by atomic mass is 79.9. The molecule has 0 N–H and O–H groups in total. The minimum Gasteiger partial charge on any atom is -0.493 e. The average Bonchev–Trinajstić information content (AvgIpc) is 3.06. The van der Waals surface area contributed by atoms with Gasteiger partial charge < -0.3 is 18.9 Å². The maximum Gasteiger partial charge on any atom is 0.286 e. The van der Waals surface area contributed by atoms with Crippen molar-refractivity contribution in [1.29, 1.82) is 0 Å². The number of hydrogen-bond donors (Lipinski definition) is 0. The van der Waals surface area contributed by atoms with Crippen LogP contribution in [0.25, 0.3) is 6.08 Å². The predicted octanol–water partition coefficient (Wildman–Crippen LogP) is 7.04. The SMILES string of the molecule is COc1cc(/C=N\N2C(=O)/C(=C\c3cc(OC)c(OC(C)C)cc3Br)SC2=S)c(Br)cc1OC(C)C. The molecule has 0 aromatic heterocycles. The van der Waals surface area contributed by atoms with Gasteiger partial charge in [-0.1, -0.05) is 27.7 Å². The number of rotatable bonds is 9.